The van der Waals surface area contributed by atoms with Gasteiger partial charge in [-0.05, 0) is 12.1 Å². The lowest BCUT2D eigenvalue weighted by molar-refractivity contribution is -0.152. The normalized spacial score (nSPS) is 20.0. The van der Waals surface area contributed by atoms with Gasteiger partial charge < -0.3 is 19.7 Å². The van der Waals surface area contributed by atoms with Gasteiger partial charge in [-0.25, -0.2) is 4.98 Å². The molecule has 1 N–H and O–H groups in total. The summed E-state index contributed by atoms with van der Waals surface area (Å²) >= 11 is 0. The van der Waals surface area contributed by atoms with Crippen LogP contribution in [0, 0.1) is 0 Å². The zero-order valence-electron chi connectivity index (χ0n) is 15.4. The second-order valence-corrected chi connectivity index (χ2v) is 6.93. The zero-order valence-corrected chi connectivity index (χ0v) is 15.4. The van der Waals surface area contributed by atoms with Crippen LogP contribution in [0.4, 0.5) is 0 Å². The molecule has 1 aromatic heterocycles. The summed E-state index contributed by atoms with van der Waals surface area (Å²) in [5, 5.41) is 2.60. The van der Waals surface area contributed by atoms with E-state index in [1.165, 1.54) is 0 Å². The maximum absolute atomic E-state index is 12.7. The van der Waals surface area contributed by atoms with Crippen molar-refractivity contribution in [2.24, 2.45) is 0 Å². The number of nitrogens with one attached hydrogen (secondary N) is 1. The predicted octanol–water partition coefficient (Wildman–Crippen LogP) is 0.158. The lowest BCUT2D eigenvalue weighted by Crippen LogP contribution is -2.66. The second-order valence-electron chi connectivity index (χ2n) is 6.93. The van der Waals surface area contributed by atoms with Crippen molar-refractivity contribution in [2.75, 3.05) is 26.2 Å². The Balaban J connectivity index is 1.45. The molecule has 3 heterocycles. The van der Waals surface area contributed by atoms with E-state index >= 15 is 0 Å². The van der Waals surface area contributed by atoms with Gasteiger partial charge in [-0.3, -0.25) is 14.4 Å². The Labute approximate surface area is 157 Å². The minimum Gasteiger partial charge on any atom is -0.345 e. The molecule has 8 heteroatoms. The quantitative estimate of drug-likeness (QED) is 0.832. The van der Waals surface area contributed by atoms with E-state index in [1.807, 2.05) is 24.3 Å². The summed E-state index contributed by atoms with van der Waals surface area (Å²) in [6, 6.07) is 7.36. The molecule has 2 fully saturated rings. The van der Waals surface area contributed by atoms with Crippen molar-refractivity contribution in [1.82, 2.24) is 24.7 Å². The molecular weight excluding hydrogens is 346 g/mol. The summed E-state index contributed by atoms with van der Waals surface area (Å²) in [6.07, 6.45) is 1.14. The number of carbonyl (C=O) groups excluding carboxylic acids is 3. The van der Waals surface area contributed by atoms with Crippen LogP contribution in [0.3, 0.4) is 0 Å². The van der Waals surface area contributed by atoms with Crippen LogP contribution in [0.15, 0.2) is 24.3 Å². The first kappa shape index (κ1) is 17.5. The molecule has 4 rings (SSSR count). The first-order valence-corrected chi connectivity index (χ1v) is 9.37. The number of rotatable bonds is 4. The third-order valence-corrected chi connectivity index (χ3v) is 5.37. The van der Waals surface area contributed by atoms with Crippen molar-refractivity contribution in [2.45, 2.75) is 32.4 Å². The summed E-state index contributed by atoms with van der Waals surface area (Å²) in [5.41, 5.74) is 1.97. The van der Waals surface area contributed by atoms with Gasteiger partial charge in [0.25, 0.3) is 0 Å². The Bertz CT molecular complexity index is 906. The molecule has 1 aromatic carbocycles. The number of piperazine rings is 2. The van der Waals surface area contributed by atoms with E-state index in [4.69, 9.17) is 0 Å². The van der Waals surface area contributed by atoms with Gasteiger partial charge in [0.1, 0.15) is 11.9 Å². The van der Waals surface area contributed by atoms with Gasteiger partial charge >= 0.3 is 0 Å². The number of carbonyl (C=O) groups is 3. The van der Waals surface area contributed by atoms with E-state index in [0.29, 0.717) is 26.1 Å². The molecular formula is C19H23N5O3. The number of amides is 3. The maximum atomic E-state index is 12.7. The molecule has 27 heavy (non-hydrogen) atoms. The van der Waals surface area contributed by atoms with Crippen molar-refractivity contribution < 1.29 is 14.4 Å². The highest BCUT2D eigenvalue weighted by Crippen LogP contribution is 2.18. The number of aryl methyl sites for hydroxylation is 2. The standard InChI is InChI=1S/C19H23N5O3/c1-2-16-21-13-5-3-4-6-14(13)23(16)8-7-17(25)22-9-10-24-15(12-22)19(27)20-11-18(24)26/h3-6,15H,2,7-12H2,1H3,(H,20,27). The van der Waals surface area contributed by atoms with Crippen LogP contribution in [0.2, 0.25) is 0 Å². The number of hydrogen-bond acceptors (Lipinski definition) is 4. The van der Waals surface area contributed by atoms with Crippen LogP contribution in [0.1, 0.15) is 19.2 Å². The van der Waals surface area contributed by atoms with E-state index < -0.39 is 6.04 Å². The molecule has 8 nitrogen and oxygen atoms in total. The van der Waals surface area contributed by atoms with Crippen molar-refractivity contribution in [3.8, 4) is 0 Å². The summed E-state index contributed by atoms with van der Waals surface area (Å²) in [5.74, 6) is 0.705. The molecule has 2 aliphatic rings. The molecule has 0 bridgehead atoms. The number of aromatic nitrogens is 2. The van der Waals surface area contributed by atoms with Gasteiger partial charge in [0.15, 0.2) is 0 Å². The smallest absolute Gasteiger partial charge is 0.245 e. The van der Waals surface area contributed by atoms with Crippen molar-refractivity contribution >= 4 is 28.8 Å². The van der Waals surface area contributed by atoms with Crippen LogP contribution in [0.25, 0.3) is 11.0 Å². The second kappa shape index (κ2) is 7.02. The number of benzene rings is 1. The molecule has 142 valence electrons. The molecule has 0 aliphatic carbocycles. The van der Waals surface area contributed by atoms with E-state index in [0.717, 1.165) is 23.3 Å². The highest BCUT2D eigenvalue weighted by Gasteiger charge is 2.39. The summed E-state index contributed by atoms with van der Waals surface area (Å²) in [6.45, 7) is 3.81. The van der Waals surface area contributed by atoms with Crippen LogP contribution < -0.4 is 5.32 Å². The summed E-state index contributed by atoms with van der Waals surface area (Å²) in [7, 11) is 0. The van der Waals surface area contributed by atoms with Crippen molar-refractivity contribution in [1.29, 1.82) is 0 Å². The monoisotopic (exact) mass is 369 g/mol. The highest BCUT2D eigenvalue weighted by molar-refractivity contribution is 5.95. The van der Waals surface area contributed by atoms with E-state index in [-0.39, 0.29) is 30.8 Å². The third kappa shape index (κ3) is 3.15. The first-order valence-electron chi connectivity index (χ1n) is 9.37. The van der Waals surface area contributed by atoms with E-state index in [9.17, 15) is 14.4 Å². The molecule has 0 saturated carbocycles. The van der Waals surface area contributed by atoms with Crippen LogP contribution in [0.5, 0.6) is 0 Å². The van der Waals surface area contributed by atoms with Crippen molar-refractivity contribution in [3.63, 3.8) is 0 Å². The predicted molar refractivity (Wildman–Crippen MR) is 98.8 cm³/mol. The Morgan fingerprint density at radius 3 is 2.89 bits per heavy atom. The maximum Gasteiger partial charge on any atom is 0.245 e. The summed E-state index contributed by atoms with van der Waals surface area (Å²) < 4.78 is 2.10. The minimum absolute atomic E-state index is 0.000284. The lowest BCUT2D eigenvalue weighted by atomic mass is 10.1. The Kier molecular flexibility index (Phi) is 4.55. The average Bonchev–Trinajstić information content (AvgIpc) is 3.06. The fourth-order valence-corrected chi connectivity index (χ4v) is 3.92. The van der Waals surface area contributed by atoms with Gasteiger partial charge in [-0.1, -0.05) is 19.1 Å². The molecule has 2 aromatic rings. The third-order valence-electron chi connectivity index (χ3n) is 5.37. The fourth-order valence-electron chi connectivity index (χ4n) is 3.92. The van der Waals surface area contributed by atoms with Crippen LogP contribution in [-0.4, -0.2) is 69.3 Å². The number of nitrogens with zero attached hydrogens (tertiary/aromatic N) is 4. The van der Waals surface area contributed by atoms with E-state index in [2.05, 4.69) is 21.8 Å². The largest absolute Gasteiger partial charge is 0.345 e. The first-order chi connectivity index (χ1) is 13.1. The molecule has 2 saturated heterocycles. The number of hydrogen-bond donors (Lipinski definition) is 1. The molecule has 0 radical (unpaired) electrons. The number of para-hydroxylation sites is 2. The highest BCUT2D eigenvalue weighted by atomic mass is 16.2. The van der Waals surface area contributed by atoms with Crippen LogP contribution in [-0.2, 0) is 27.3 Å². The SMILES string of the molecule is CCc1nc2ccccc2n1CCC(=O)N1CCN2C(=O)CNC(=O)C2C1. The molecule has 0 spiro atoms. The van der Waals surface area contributed by atoms with Gasteiger partial charge in [-0.15, -0.1) is 0 Å². The topological polar surface area (TPSA) is 87.5 Å². The van der Waals surface area contributed by atoms with Gasteiger partial charge in [0, 0.05) is 32.5 Å². The van der Waals surface area contributed by atoms with Gasteiger partial charge in [-0.2, -0.15) is 0 Å². The molecule has 2 aliphatic heterocycles. The fraction of sp³-hybridized carbons (Fsp3) is 0.474. The van der Waals surface area contributed by atoms with Gasteiger partial charge in [0.05, 0.1) is 24.1 Å². The Hall–Kier alpha value is -2.90. The zero-order chi connectivity index (χ0) is 19.0. The van der Waals surface area contributed by atoms with Gasteiger partial charge in [0.2, 0.25) is 17.7 Å². The summed E-state index contributed by atoms with van der Waals surface area (Å²) in [4.78, 5) is 44.7. The Morgan fingerprint density at radius 1 is 1.26 bits per heavy atom. The average molecular weight is 369 g/mol. The van der Waals surface area contributed by atoms with Crippen molar-refractivity contribution in [3.05, 3.63) is 30.1 Å². The Morgan fingerprint density at radius 2 is 2.07 bits per heavy atom. The minimum atomic E-state index is -0.566. The number of fused-ring (bicyclic) bond motifs is 2. The van der Waals surface area contributed by atoms with Crippen LogP contribution >= 0.6 is 0 Å². The lowest BCUT2D eigenvalue weighted by Gasteiger charge is -2.42. The molecule has 1 atom stereocenters. The molecule has 3 amide bonds. The number of imidazole rings is 1. The molecule has 1 unspecified atom stereocenters. The van der Waals surface area contributed by atoms with E-state index in [1.54, 1.807) is 9.80 Å².